The third-order valence-corrected chi connectivity index (χ3v) is 3.52. The molecule has 0 atom stereocenters. The maximum absolute atomic E-state index is 11.9. The Morgan fingerprint density at radius 3 is 2.50 bits per heavy atom. The van der Waals surface area contributed by atoms with Gasteiger partial charge in [0.05, 0.1) is 6.10 Å². The first-order valence-electron chi connectivity index (χ1n) is 7.35. The lowest BCUT2D eigenvalue weighted by Gasteiger charge is -2.12. The number of hydrogen-bond donors (Lipinski definition) is 0. The van der Waals surface area contributed by atoms with Gasteiger partial charge in [-0.05, 0) is 44.0 Å². The Hall–Kier alpha value is -2.55. The normalized spacial score (nSPS) is 11.1. The van der Waals surface area contributed by atoms with Crippen molar-refractivity contribution in [3.8, 4) is 16.9 Å². The molecule has 0 spiro atoms. The van der Waals surface area contributed by atoms with Crippen molar-refractivity contribution >= 4 is 11.0 Å². The van der Waals surface area contributed by atoms with Crippen LogP contribution in [0.3, 0.4) is 0 Å². The molecule has 0 amide bonds. The van der Waals surface area contributed by atoms with Gasteiger partial charge < -0.3 is 9.15 Å². The zero-order valence-corrected chi connectivity index (χ0v) is 12.9. The second-order valence-corrected chi connectivity index (χ2v) is 5.62. The maximum atomic E-state index is 11.9. The summed E-state index contributed by atoms with van der Waals surface area (Å²) in [5.41, 5.74) is 3.24. The lowest BCUT2D eigenvalue weighted by Crippen LogP contribution is -2.05. The fourth-order valence-corrected chi connectivity index (χ4v) is 2.59. The number of ether oxygens (including phenoxy) is 1. The van der Waals surface area contributed by atoms with Gasteiger partial charge in [-0.25, -0.2) is 4.79 Å². The molecule has 2 aromatic carbocycles. The third-order valence-electron chi connectivity index (χ3n) is 3.52. The van der Waals surface area contributed by atoms with Crippen LogP contribution in [0.1, 0.15) is 19.4 Å². The molecule has 0 radical (unpaired) electrons. The minimum atomic E-state index is -0.354. The molecule has 0 unspecified atom stereocenters. The Morgan fingerprint density at radius 1 is 1.00 bits per heavy atom. The Kier molecular flexibility index (Phi) is 3.72. The SMILES string of the molecule is Cc1ccccc1-c1cc(=O)oc2cc(OC(C)C)ccc12. The smallest absolute Gasteiger partial charge is 0.336 e. The van der Waals surface area contributed by atoms with Crippen molar-refractivity contribution < 1.29 is 9.15 Å². The molecule has 0 N–H and O–H groups in total. The zero-order chi connectivity index (χ0) is 15.7. The third kappa shape index (κ3) is 2.75. The number of hydrogen-bond acceptors (Lipinski definition) is 3. The van der Waals surface area contributed by atoms with E-state index in [0.717, 1.165) is 22.1 Å². The van der Waals surface area contributed by atoms with E-state index < -0.39 is 0 Å². The number of fused-ring (bicyclic) bond motifs is 1. The molecule has 3 heteroatoms. The molecule has 3 rings (SSSR count). The maximum Gasteiger partial charge on any atom is 0.336 e. The highest BCUT2D eigenvalue weighted by molar-refractivity contribution is 5.94. The molecule has 1 aromatic heterocycles. The van der Waals surface area contributed by atoms with Crippen molar-refractivity contribution in [2.24, 2.45) is 0 Å². The predicted molar refractivity (Wildman–Crippen MR) is 88.4 cm³/mol. The molecule has 0 aliphatic carbocycles. The molecule has 3 aromatic rings. The van der Waals surface area contributed by atoms with E-state index in [2.05, 4.69) is 0 Å². The highest BCUT2D eigenvalue weighted by Gasteiger charge is 2.11. The van der Waals surface area contributed by atoms with Gasteiger partial charge in [-0.3, -0.25) is 0 Å². The summed E-state index contributed by atoms with van der Waals surface area (Å²) in [5.74, 6) is 0.701. The molecule has 0 saturated carbocycles. The lowest BCUT2D eigenvalue weighted by atomic mass is 9.98. The van der Waals surface area contributed by atoms with E-state index in [4.69, 9.17) is 9.15 Å². The van der Waals surface area contributed by atoms with Crippen molar-refractivity contribution in [2.75, 3.05) is 0 Å². The minimum absolute atomic E-state index is 0.0729. The van der Waals surface area contributed by atoms with Gasteiger partial charge in [0.2, 0.25) is 0 Å². The van der Waals surface area contributed by atoms with Crippen LogP contribution >= 0.6 is 0 Å². The molecular formula is C19H18O3. The summed E-state index contributed by atoms with van der Waals surface area (Å²) < 4.78 is 11.0. The summed E-state index contributed by atoms with van der Waals surface area (Å²) in [6.45, 7) is 5.96. The van der Waals surface area contributed by atoms with Gasteiger partial charge in [0, 0.05) is 23.1 Å². The van der Waals surface area contributed by atoms with Crippen molar-refractivity contribution in [1.29, 1.82) is 0 Å². The second-order valence-electron chi connectivity index (χ2n) is 5.62. The molecule has 3 nitrogen and oxygen atoms in total. The summed E-state index contributed by atoms with van der Waals surface area (Å²) in [5, 5.41) is 0.907. The van der Waals surface area contributed by atoms with Crippen LogP contribution in [0, 0.1) is 6.92 Å². The summed E-state index contributed by atoms with van der Waals surface area (Å²) in [6, 6.07) is 15.2. The van der Waals surface area contributed by atoms with E-state index in [0.29, 0.717) is 11.3 Å². The average molecular weight is 294 g/mol. The van der Waals surface area contributed by atoms with E-state index in [-0.39, 0.29) is 11.7 Å². The molecule has 112 valence electrons. The molecule has 0 fully saturated rings. The van der Waals surface area contributed by atoms with Crippen LogP contribution in [0.4, 0.5) is 0 Å². The molecule has 1 heterocycles. The lowest BCUT2D eigenvalue weighted by molar-refractivity contribution is 0.242. The second kappa shape index (κ2) is 5.68. The van der Waals surface area contributed by atoms with Crippen LogP contribution in [0.15, 0.2) is 57.7 Å². The van der Waals surface area contributed by atoms with Crippen molar-refractivity contribution in [2.45, 2.75) is 26.9 Å². The minimum Gasteiger partial charge on any atom is -0.491 e. The number of benzene rings is 2. The average Bonchev–Trinajstić information content (AvgIpc) is 2.46. The highest BCUT2D eigenvalue weighted by Crippen LogP contribution is 2.31. The van der Waals surface area contributed by atoms with Crippen LogP contribution in [0.5, 0.6) is 5.75 Å². The van der Waals surface area contributed by atoms with Crippen LogP contribution in [-0.2, 0) is 0 Å². The molecule has 22 heavy (non-hydrogen) atoms. The molecule has 0 saturated heterocycles. The first-order chi connectivity index (χ1) is 10.5. The summed E-state index contributed by atoms with van der Waals surface area (Å²) in [7, 11) is 0. The van der Waals surface area contributed by atoms with Crippen molar-refractivity contribution in [1.82, 2.24) is 0 Å². The van der Waals surface area contributed by atoms with Crippen LogP contribution < -0.4 is 10.4 Å². The molecule has 0 bridgehead atoms. The zero-order valence-electron chi connectivity index (χ0n) is 12.9. The van der Waals surface area contributed by atoms with E-state index in [1.54, 1.807) is 12.1 Å². The van der Waals surface area contributed by atoms with Crippen LogP contribution in [-0.4, -0.2) is 6.10 Å². The molecule has 0 aliphatic rings. The monoisotopic (exact) mass is 294 g/mol. The number of rotatable bonds is 3. The van der Waals surface area contributed by atoms with E-state index in [9.17, 15) is 4.79 Å². The van der Waals surface area contributed by atoms with E-state index >= 15 is 0 Å². The molecular weight excluding hydrogens is 276 g/mol. The fourth-order valence-electron chi connectivity index (χ4n) is 2.59. The Balaban J connectivity index is 2.23. The summed E-state index contributed by atoms with van der Waals surface area (Å²) >= 11 is 0. The number of aryl methyl sites for hydroxylation is 1. The van der Waals surface area contributed by atoms with Gasteiger partial charge in [0.1, 0.15) is 11.3 Å². The van der Waals surface area contributed by atoms with Gasteiger partial charge in [0.15, 0.2) is 0 Å². The highest BCUT2D eigenvalue weighted by atomic mass is 16.5. The first-order valence-corrected chi connectivity index (χ1v) is 7.35. The quantitative estimate of drug-likeness (QED) is 0.665. The topological polar surface area (TPSA) is 39.4 Å². The Bertz CT molecular complexity index is 875. The summed E-state index contributed by atoms with van der Waals surface area (Å²) in [4.78, 5) is 11.9. The van der Waals surface area contributed by atoms with Crippen LogP contribution in [0.2, 0.25) is 0 Å². The largest absolute Gasteiger partial charge is 0.491 e. The first kappa shape index (κ1) is 14.4. The van der Waals surface area contributed by atoms with Crippen LogP contribution in [0.25, 0.3) is 22.1 Å². The van der Waals surface area contributed by atoms with E-state index in [1.807, 2.05) is 57.2 Å². The van der Waals surface area contributed by atoms with Crippen molar-refractivity contribution in [3.63, 3.8) is 0 Å². The van der Waals surface area contributed by atoms with E-state index in [1.165, 1.54) is 0 Å². The Morgan fingerprint density at radius 2 is 1.77 bits per heavy atom. The van der Waals surface area contributed by atoms with Gasteiger partial charge >= 0.3 is 5.63 Å². The van der Waals surface area contributed by atoms with Gasteiger partial charge in [-0.15, -0.1) is 0 Å². The molecule has 0 aliphatic heterocycles. The standard InChI is InChI=1S/C19H18O3/c1-12(2)21-14-8-9-16-17(11-19(20)22-18(16)10-14)15-7-5-4-6-13(15)3/h4-12H,1-3H3. The Labute approximate surface area is 129 Å². The van der Waals surface area contributed by atoms with Gasteiger partial charge in [-0.2, -0.15) is 0 Å². The van der Waals surface area contributed by atoms with Gasteiger partial charge in [0.25, 0.3) is 0 Å². The predicted octanol–water partition coefficient (Wildman–Crippen LogP) is 4.56. The fraction of sp³-hybridized carbons (Fsp3) is 0.211. The van der Waals surface area contributed by atoms with Crippen molar-refractivity contribution in [3.05, 3.63) is 64.5 Å². The summed E-state index contributed by atoms with van der Waals surface area (Å²) in [6.07, 6.45) is 0.0729. The van der Waals surface area contributed by atoms with Gasteiger partial charge in [-0.1, -0.05) is 24.3 Å².